The molecule has 2 aromatic heterocycles. The van der Waals surface area contributed by atoms with E-state index in [-0.39, 0.29) is 18.1 Å². The largest absolute Gasteiger partial charge is 0.360 e. The minimum atomic E-state index is -0.453. The van der Waals surface area contributed by atoms with Gasteiger partial charge in [0.25, 0.3) is 0 Å². The van der Waals surface area contributed by atoms with Gasteiger partial charge in [0.05, 0.1) is 35.5 Å². The average Bonchev–Trinajstić information content (AvgIpc) is 3.09. The Morgan fingerprint density at radius 3 is 2.80 bits per heavy atom. The van der Waals surface area contributed by atoms with Crippen molar-refractivity contribution in [1.29, 1.82) is 0 Å². The first-order valence-corrected chi connectivity index (χ1v) is 7.93. The molecule has 0 saturated heterocycles. The first-order valence-electron chi connectivity index (χ1n) is 7.93. The number of anilines is 1. The maximum absolute atomic E-state index is 12.3. The number of aryl methyl sites for hydroxylation is 1. The number of rotatable bonds is 8. The minimum Gasteiger partial charge on any atom is -0.360 e. The highest BCUT2D eigenvalue weighted by Gasteiger charge is 2.24. The number of ether oxygens (including phenoxy) is 1. The average molecular weight is 350 g/mol. The number of carbonyl (C=O) groups is 1. The molecule has 0 radical (unpaired) electrons. The molecule has 0 aliphatic rings. The van der Waals surface area contributed by atoms with Gasteiger partial charge in [-0.3, -0.25) is 19.6 Å². The van der Waals surface area contributed by atoms with Gasteiger partial charge in [-0.15, -0.1) is 0 Å². The van der Waals surface area contributed by atoms with Crippen LogP contribution in [0, 0.1) is 29.9 Å². The molecule has 136 valence electrons. The van der Waals surface area contributed by atoms with Crippen LogP contribution in [-0.4, -0.2) is 37.0 Å². The van der Waals surface area contributed by atoms with E-state index in [1.54, 1.807) is 31.6 Å². The van der Waals surface area contributed by atoms with E-state index < -0.39 is 10.8 Å². The lowest BCUT2D eigenvalue weighted by Crippen LogP contribution is -2.25. The van der Waals surface area contributed by atoms with Crippen molar-refractivity contribution in [3.63, 3.8) is 0 Å². The predicted molar refractivity (Wildman–Crippen MR) is 90.0 cm³/mol. The standard InChI is InChI=1S/C15H22N6O4/c1-5-25-9-19-8-13(6-16-19)17-15(22)10(2)7-20-12(4)14(21(23)24)11(3)18-20/h6,8,10H,5,7,9H2,1-4H3,(H,17,22). The van der Waals surface area contributed by atoms with Gasteiger partial charge in [-0.2, -0.15) is 10.2 Å². The van der Waals surface area contributed by atoms with Crippen molar-refractivity contribution in [2.75, 3.05) is 11.9 Å². The highest BCUT2D eigenvalue weighted by atomic mass is 16.6. The van der Waals surface area contributed by atoms with Crippen molar-refractivity contribution in [2.24, 2.45) is 5.92 Å². The maximum Gasteiger partial charge on any atom is 0.312 e. The molecule has 25 heavy (non-hydrogen) atoms. The summed E-state index contributed by atoms with van der Waals surface area (Å²) in [4.78, 5) is 22.9. The van der Waals surface area contributed by atoms with Crippen molar-refractivity contribution in [3.8, 4) is 0 Å². The second kappa shape index (κ2) is 7.88. The van der Waals surface area contributed by atoms with Crippen molar-refractivity contribution in [3.05, 3.63) is 33.9 Å². The van der Waals surface area contributed by atoms with Gasteiger partial charge in [0.1, 0.15) is 18.1 Å². The van der Waals surface area contributed by atoms with E-state index in [1.165, 1.54) is 10.9 Å². The zero-order chi connectivity index (χ0) is 18.6. The predicted octanol–water partition coefficient (Wildman–Crippen LogP) is 1.87. The smallest absolute Gasteiger partial charge is 0.312 e. The van der Waals surface area contributed by atoms with Crippen LogP contribution in [0.25, 0.3) is 0 Å². The van der Waals surface area contributed by atoms with Gasteiger partial charge >= 0.3 is 5.69 Å². The molecule has 0 aromatic carbocycles. The van der Waals surface area contributed by atoms with Crippen LogP contribution in [0.2, 0.25) is 0 Å². The van der Waals surface area contributed by atoms with Crippen molar-refractivity contribution in [2.45, 2.75) is 41.0 Å². The third kappa shape index (κ3) is 4.41. The Balaban J connectivity index is 2.00. The minimum absolute atomic E-state index is 0.00944. The van der Waals surface area contributed by atoms with Crippen molar-refractivity contribution >= 4 is 17.3 Å². The molecule has 0 spiro atoms. The number of nitrogens with one attached hydrogen (secondary N) is 1. The molecule has 2 heterocycles. The summed E-state index contributed by atoms with van der Waals surface area (Å²) in [6, 6.07) is 0. The van der Waals surface area contributed by atoms with Gasteiger partial charge in [-0.25, -0.2) is 4.68 Å². The van der Waals surface area contributed by atoms with E-state index in [2.05, 4.69) is 15.5 Å². The Morgan fingerprint density at radius 2 is 2.20 bits per heavy atom. The first kappa shape index (κ1) is 18.6. The van der Waals surface area contributed by atoms with Crippen molar-refractivity contribution in [1.82, 2.24) is 19.6 Å². The third-order valence-corrected chi connectivity index (χ3v) is 3.75. The Bertz CT molecular complexity index is 766. The first-order chi connectivity index (χ1) is 11.8. The van der Waals surface area contributed by atoms with Gasteiger partial charge in [-0.1, -0.05) is 6.92 Å². The Morgan fingerprint density at radius 1 is 1.48 bits per heavy atom. The summed E-state index contributed by atoms with van der Waals surface area (Å²) in [5, 5.41) is 22.1. The summed E-state index contributed by atoms with van der Waals surface area (Å²) in [6.45, 7) is 7.98. The van der Waals surface area contributed by atoms with Crippen molar-refractivity contribution < 1.29 is 14.5 Å². The normalized spacial score (nSPS) is 12.2. The quantitative estimate of drug-likeness (QED) is 0.574. The van der Waals surface area contributed by atoms with Gasteiger partial charge in [0.15, 0.2) is 0 Å². The van der Waals surface area contributed by atoms with Crippen LogP contribution in [-0.2, 0) is 22.8 Å². The van der Waals surface area contributed by atoms with Gasteiger partial charge in [0.2, 0.25) is 5.91 Å². The number of amides is 1. The van der Waals surface area contributed by atoms with E-state index in [4.69, 9.17) is 4.74 Å². The summed E-state index contributed by atoms with van der Waals surface area (Å²) in [7, 11) is 0. The van der Waals surface area contributed by atoms with Gasteiger partial charge in [0, 0.05) is 6.61 Å². The fourth-order valence-electron chi connectivity index (χ4n) is 2.42. The molecular formula is C15H22N6O4. The zero-order valence-corrected chi connectivity index (χ0v) is 14.7. The Kier molecular flexibility index (Phi) is 5.86. The second-order valence-electron chi connectivity index (χ2n) is 5.74. The summed E-state index contributed by atoms with van der Waals surface area (Å²) < 4.78 is 8.31. The second-order valence-corrected chi connectivity index (χ2v) is 5.74. The molecule has 0 fully saturated rings. The van der Waals surface area contributed by atoms with E-state index in [0.717, 1.165) is 0 Å². The lowest BCUT2D eigenvalue weighted by molar-refractivity contribution is -0.386. The molecule has 10 heteroatoms. The van der Waals surface area contributed by atoms with Crippen LogP contribution in [0.15, 0.2) is 12.4 Å². The van der Waals surface area contributed by atoms with Crippen LogP contribution < -0.4 is 5.32 Å². The molecule has 1 atom stereocenters. The van der Waals surface area contributed by atoms with Crippen LogP contribution in [0.4, 0.5) is 11.4 Å². The van der Waals surface area contributed by atoms with Crippen LogP contribution in [0.3, 0.4) is 0 Å². The Labute approximate surface area is 144 Å². The number of hydrogen-bond acceptors (Lipinski definition) is 6. The Hall–Kier alpha value is -2.75. The summed E-state index contributed by atoms with van der Waals surface area (Å²) >= 11 is 0. The fraction of sp³-hybridized carbons (Fsp3) is 0.533. The third-order valence-electron chi connectivity index (χ3n) is 3.75. The lowest BCUT2D eigenvalue weighted by Gasteiger charge is -2.12. The van der Waals surface area contributed by atoms with Gasteiger partial charge < -0.3 is 10.1 Å². The fourth-order valence-corrected chi connectivity index (χ4v) is 2.42. The number of carbonyl (C=O) groups excluding carboxylic acids is 1. The number of nitrogens with zero attached hydrogens (tertiary/aromatic N) is 5. The zero-order valence-electron chi connectivity index (χ0n) is 14.7. The van der Waals surface area contributed by atoms with E-state index in [0.29, 0.717) is 30.4 Å². The summed E-state index contributed by atoms with van der Waals surface area (Å²) in [5.41, 5.74) is 1.33. The van der Waals surface area contributed by atoms with Gasteiger partial charge in [-0.05, 0) is 20.8 Å². The molecule has 2 aromatic rings. The highest BCUT2D eigenvalue weighted by Crippen LogP contribution is 2.22. The molecule has 1 amide bonds. The summed E-state index contributed by atoms with van der Waals surface area (Å²) in [5.74, 6) is -0.640. The molecule has 2 rings (SSSR count). The molecule has 10 nitrogen and oxygen atoms in total. The molecule has 0 aliphatic heterocycles. The molecule has 1 unspecified atom stereocenters. The highest BCUT2D eigenvalue weighted by molar-refractivity contribution is 5.91. The number of nitro groups is 1. The summed E-state index contributed by atoms with van der Waals surface area (Å²) in [6.07, 6.45) is 3.21. The maximum atomic E-state index is 12.3. The lowest BCUT2D eigenvalue weighted by atomic mass is 10.1. The van der Waals surface area contributed by atoms with E-state index >= 15 is 0 Å². The number of hydrogen-bond donors (Lipinski definition) is 1. The van der Waals surface area contributed by atoms with E-state index in [1.807, 2.05) is 6.92 Å². The molecule has 1 N–H and O–H groups in total. The molecule has 0 bridgehead atoms. The van der Waals surface area contributed by atoms with Crippen LogP contribution in [0.5, 0.6) is 0 Å². The number of aromatic nitrogens is 4. The monoisotopic (exact) mass is 350 g/mol. The van der Waals surface area contributed by atoms with E-state index in [9.17, 15) is 14.9 Å². The van der Waals surface area contributed by atoms with Crippen LogP contribution in [0.1, 0.15) is 25.2 Å². The SMILES string of the molecule is CCOCn1cc(NC(=O)C(C)Cn2nc(C)c([N+](=O)[O-])c2C)cn1. The molecular weight excluding hydrogens is 328 g/mol. The molecule has 0 aliphatic carbocycles. The van der Waals surface area contributed by atoms with Crippen LogP contribution >= 0.6 is 0 Å². The molecule has 0 saturated carbocycles. The topological polar surface area (TPSA) is 117 Å².